The van der Waals surface area contributed by atoms with E-state index in [1.54, 1.807) is 11.8 Å². The number of nitrogens with one attached hydrogen (secondary N) is 1. The molecular weight excluding hydrogens is 120 g/mol. The summed E-state index contributed by atoms with van der Waals surface area (Å²) in [5.74, 6) is 1.08. The molecule has 3 heteroatoms. The van der Waals surface area contributed by atoms with Crippen molar-refractivity contribution in [3.8, 4) is 6.07 Å². The topological polar surface area (TPSA) is 35.8 Å². The molecule has 0 saturated carbocycles. The van der Waals surface area contributed by atoms with Gasteiger partial charge in [0, 0.05) is 12.3 Å². The van der Waals surface area contributed by atoms with Gasteiger partial charge in [-0.2, -0.15) is 17.0 Å². The molecule has 0 amide bonds. The second kappa shape index (κ2) is 6.80. The van der Waals surface area contributed by atoms with E-state index in [9.17, 15) is 0 Å². The first kappa shape index (κ1) is 7.80. The van der Waals surface area contributed by atoms with Gasteiger partial charge in [0.25, 0.3) is 0 Å². The fourth-order valence-corrected chi connectivity index (χ4v) is 0.667. The molecule has 0 unspecified atom stereocenters. The smallest absolute Gasteiger partial charge is 0.0841 e. The van der Waals surface area contributed by atoms with E-state index in [4.69, 9.17) is 5.26 Å². The van der Waals surface area contributed by atoms with Crippen molar-refractivity contribution >= 4 is 11.8 Å². The van der Waals surface area contributed by atoms with Crippen LogP contribution in [-0.2, 0) is 0 Å². The van der Waals surface area contributed by atoms with Crippen molar-refractivity contribution in [3.05, 3.63) is 0 Å². The van der Waals surface area contributed by atoms with Crippen LogP contribution >= 0.6 is 11.8 Å². The summed E-state index contributed by atoms with van der Waals surface area (Å²) in [6.07, 6.45) is 2.05. The zero-order chi connectivity index (χ0) is 6.24. The van der Waals surface area contributed by atoms with Crippen LogP contribution in [0.15, 0.2) is 0 Å². The molecule has 0 saturated heterocycles. The van der Waals surface area contributed by atoms with Gasteiger partial charge < -0.3 is 5.32 Å². The van der Waals surface area contributed by atoms with Gasteiger partial charge >= 0.3 is 0 Å². The summed E-state index contributed by atoms with van der Waals surface area (Å²) < 4.78 is 0. The van der Waals surface area contributed by atoms with Crippen molar-refractivity contribution in [2.45, 2.75) is 0 Å². The van der Waals surface area contributed by atoms with Crippen molar-refractivity contribution in [1.29, 1.82) is 5.26 Å². The minimum Gasteiger partial charge on any atom is -0.304 e. The number of hydrogen-bond donors (Lipinski definition) is 1. The Bertz CT molecular complexity index is 77.0. The van der Waals surface area contributed by atoms with Gasteiger partial charge in [-0.1, -0.05) is 0 Å². The van der Waals surface area contributed by atoms with Crippen LogP contribution in [0.1, 0.15) is 0 Å². The highest BCUT2D eigenvalue weighted by Crippen LogP contribution is 1.85. The first-order valence-corrected chi connectivity index (χ1v) is 3.88. The summed E-state index contributed by atoms with van der Waals surface area (Å²) in [4.78, 5) is 0. The summed E-state index contributed by atoms with van der Waals surface area (Å²) in [6.45, 7) is 1.41. The third kappa shape index (κ3) is 5.80. The minimum absolute atomic E-state index is 0.473. The Labute approximate surface area is 54.3 Å². The largest absolute Gasteiger partial charge is 0.304 e. The van der Waals surface area contributed by atoms with E-state index in [0.29, 0.717) is 6.54 Å². The van der Waals surface area contributed by atoms with Crippen LogP contribution in [0.3, 0.4) is 0 Å². The number of rotatable bonds is 4. The fraction of sp³-hybridized carbons (Fsp3) is 0.800. The van der Waals surface area contributed by atoms with Gasteiger partial charge in [0.1, 0.15) is 0 Å². The molecule has 0 aromatic heterocycles. The third-order valence-corrected chi connectivity index (χ3v) is 1.30. The zero-order valence-electron chi connectivity index (χ0n) is 4.98. The van der Waals surface area contributed by atoms with E-state index in [2.05, 4.69) is 5.32 Å². The fourth-order valence-electron chi connectivity index (χ4n) is 0.319. The normalized spacial score (nSPS) is 8.50. The third-order valence-electron chi connectivity index (χ3n) is 0.687. The van der Waals surface area contributed by atoms with Crippen LogP contribution in [0.25, 0.3) is 0 Å². The number of hydrogen-bond acceptors (Lipinski definition) is 3. The van der Waals surface area contributed by atoms with Crippen LogP contribution in [-0.4, -0.2) is 25.1 Å². The van der Waals surface area contributed by atoms with Crippen molar-refractivity contribution in [2.75, 3.05) is 25.1 Å². The van der Waals surface area contributed by atoms with Crippen molar-refractivity contribution in [1.82, 2.24) is 5.32 Å². The van der Waals surface area contributed by atoms with E-state index in [0.717, 1.165) is 12.3 Å². The van der Waals surface area contributed by atoms with Gasteiger partial charge in [0.2, 0.25) is 0 Å². The maximum atomic E-state index is 8.05. The second-order valence-corrected chi connectivity index (χ2v) is 2.31. The van der Waals surface area contributed by atoms with E-state index in [1.807, 2.05) is 12.3 Å². The van der Waals surface area contributed by atoms with Gasteiger partial charge in [-0.05, 0) is 6.26 Å². The van der Waals surface area contributed by atoms with Gasteiger partial charge in [0.05, 0.1) is 12.6 Å². The molecule has 0 bridgehead atoms. The molecule has 0 aromatic carbocycles. The highest BCUT2D eigenvalue weighted by molar-refractivity contribution is 7.98. The molecule has 8 heavy (non-hydrogen) atoms. The maximum absolute atomic E-state index is 8.05. The van der Waals surface area contributed by atoms with E-state index in [1.165, 1.54) is 0 Å². The molecular formula is C5H10N2S. The lowest BCUT2D eigenvalue weighted by atomic mass is 10.6. The number of thioether (sulfide) groups is 1. The van der Waals surface area contributed by atoms with Gasteiger partial charge in [-0.15, -0.1) is 0 Å². The Balaban J connectivity index is 2.65. The summed E-state index contributed by atoms with van der Waals surface area (Å²) in [7, 11) is 0. The predicted molar refractivity (Wildman–Crippen MR) is 36.9 cm³/mol. The van der Waals surface area contributed by atoms with Crippen LogP contribution in [0.4, 0.5) is 0 Å². The predicted octanol–water partition coefficient (Wildman–Crippen LogP) is 0.463. The van der Waals surface area contributed by atoms with Gasteiger partial charge in [0.15, 0.2) is 0 Å². The van der Waals surface area contributed by atoms with Crippen LogP contribution in [0.2, 0.25) is 0 Å². The van der Waals surface area contributed by atoms with Gasteiger partial charge in [-0.3, -0.25) is 0 Å². The summed E-state index contributed by atoms with van der Waals surface area (Å²) in [5.41, 5.74) is 0. The van der Waals surface area contributed by atoms with Crippen LogP contribution < -0.4 is 5.32 Å². The minimum atomic E-state index is 0.473. The lowest BCUT2D eigenvalue weighted by Crippen LogP contribution is -2.16. The van der Waals surface area contributed by atoms with Crippen molar-refractivity contribution in [2.24, 2.45) is 0 Å². The lowest BCUT2D eigenvalue weighted by Gasteiger charge is -1.93. The molecule has 0 atom stereocenters. The van der Waals surface area contributed by atoms with Crippen LogP contribution in [0.5, 0.6) is 0 Å². The van der Waals surface area contributed by atoms with E-state index < -0.39 is 0 Å². The van der Waals surface area contributed by atoms with Crippen LogP contribution in [0, 0.1) is 11.3 Å². The summed E-state index contributed by atoms with van der Waals surface area (Å²) >= 11 is 1.78. The molecule has 46 valence electrons. The quantitative estimate of drug-likeness (QED) is 0.443. The molecule has 1 N–H and O–H groups in total. The standard InChI is InChI=1S/C5H10N2S/c1-8-5-4-7-3-2-6/h7H,3-5H2,1H3. The molecule has 0 aliphatic rings. The number of nitriles is 1. The molecule has 0 fully saturated rings. The monoisotopic (exact) mass is 130 g/mol. The highest BCUT2D eigenvalue weighted by Gasteiger charge is 1.80. The zero-order valence-corrected chi connectivity index (χ0v) is 5.79. The Hall–Kier alpha value is -0.200. The lowest BCUT2D eigenvalue weighted by molar-refractivity contribution is 0.813. The molecule has 0 aliphatic carbocycles. The van der Waals surface area contributed by atoms with Gasteiger partial charge in [-0.25, -0.2) is 0 Å². The Morgan fingerprint density at radius 2 is 2.50 bits per heavy atom. The Morgan fingerprint density at radius 1 is 1.75 bits per heavy atom. The first-order chi connectivity index (χ1) is 3.91. The first-order valence-electron chi connectivity index (χ1n) is 2.48. The average Bonchev–Trinajstić information content (AvgIpc) is 1.81. The second-order valence-electron chi connectivity index (χ2n) is 1.33. The van der Waals surface area contributed by atoms with E-state index >= 15 is 0 Å². The molecule has 0 radical (unpaired) electrons. The summed E-state index contributed by atoms with van der Waals surface area (Å²) in [6, 6.07) is 2.01. The Kier molecular flexibility index (Phi) is 6.63. The van der Waals surface area contributed by atoms with Crippen molar-refractivity contribution < 1.29 is 0 Å². The highest BCUT2D eigenvalue weighted by atomic mass is 32.2. The summed E-state index contributed by atoms with van der Waals surface area (Å²) in [5, 5.41) is 11.0. The Morgan fingerprint density at radius 3 is 3.00 bits per heavy atom. The molecule has 2 nitrogen and oxygen atoms in total. The maximum Gasteiger partial charge on any atom is 0.0841 e. The van der Waals surface area contributed by atoms with E-state index in [-0.39, 0.29) is 0 Å². The average molecular weight is 130 g/mol. The number of nitrogens with zero attached hydrogens (tertiary/aromatic N) is 1. The van der Waals surface area contributed by atoms with Crippen molar-refractivity contribution in [3.63, 3.8) is 0 Å². The SMILES string of the molecule is CSCCNCC#N. The molecule has 0 aromatic rings. The molecule has 0 heterocycles. The molecule has 0 aliphatic heterocycles. The molecule has 0 spiro atoms. The molecule has 0 rings (SSSR count).